The molecule has 7 heteroatoms. The van der Waals surface area contributed by atoms with Gasteiger partial charge in [0, 0.05) is 18.7 Å². The lowest BCUT2D eigenvalue weighted by atomic mass is 9.91. The lowest BCUT2D eigenvalue weighted by Gasteiger charge is -2.44. The van der Waals surface area contributed by atoms with Crippen LogP contribution in [0.1, 0.15) is 91.4 Å². The molecule has 0 aromatic rings. The molecule has 31 heavy (non-hydrogen) atoms. The Labute approximate surface area is 190 Å². The van der Waals surface area contributed by atoms with E-state index in [0.717, 1.165) is 57.1 Å². The van der Waals surface area contributed by atoms with Gasteiger partial charge < -0.3 is 10.2 Å². The Morgan fingerprint density at radius 1 is 1.26 bits per heavy atom. The van der Waals surface area contributed by atoms with Crippen LogP contribution < -0.4 is 10.0 Å². The second-order valence-electron chi connectivity index (χ2n) is 9.00. The first-order valence-electron chi connectivity index (χ1n) is 12.0. The lowest BCUT2D eigenvalue weighted by molar-refractivity contribution is -0.129. The number of carbonyl (C=O) groups excluding carboxylic acids is 2. The van der Waals surface area contributed by atoms with Crippen molar-refractivity contribution in [3.63, 3.8) is 0 Å². The average Bonchev–Trinajstić information content (AvgIpc) is 3.58. The number of rotatable bonds is 6. The smallest absolute Gasteiger partial charge is 0.257 e. The minimum absolute atomic E-state index is 0.0402. The zero-order valence-corrected chi connectivity index (χ0v) is 20.4. The summed E-state index contributed by atoms with van der Waals surface area (Å²) in [6.07, 6.45) is 13.7. The number of hydrogen-bond donors (Lipinski definition) is 2. The molecule has 1 saturated carbocycles. The highest BCUT2D eigenvalue weighted by atomic mass is 32.2. The Hall–Kier alpha value is -1.63. The van der Waals surface area contributed by atoms with Gasteiger partial charge >= 0.3 is 0 Å². The van der Waals surface area contributed by atoms with Crippen molar-refractivity contribution in [1.82, 2.24) is 14.9 Å². The summed E-state index contributed by atoms with van der Waals surface area (Å²) in [4.78, 5) is 28.0. The highest BCUT2D eigenvalue weighted by Gasteiger charge is 2.42. The zero-order valence-electron chi connectivity index (χ0n) is 19.6. The van der Waals surface area contributed by atoms with Crippen LogP contribution in [-0.2, 0) is 20.6 Å². The van der Waals surface area contributed by atoms with E-state index in [-0.39, 0.29) is 23.1 Å². The van der Waals surface area contributed by atoms with Gasteiger partial charge in [0.15, 0.2) is 0 Å². The van der Waals surface area contributed by atoms with Crippen molar-refractivity contribution in [1.29, 1.82) is 0 Å². The largest absolute Gasteiger partial charge is 0.359 e. The van der Waals surface area contributed by atoms with Crippen LogP contribution in [0.25, 0.3) is 0 Å². The first-order chi connectivity index (χ1) is 14.8. The Morgan fingerprint density at radius 3 is 2.61 bits per heavy atom. The molecular formula is C24H41N3O3S. The number of carbonyl (C=O) groups is 2. The van der Waals surface area contributed by atoms with E-state index in [1.807, 2.05) is 18.7 Å². The summed E-state index contributed by atoms with van der Waals surface area (Å²) in [5.41, 5.74) is -0.178. The molecule has 0 bridgehead atoms. The van der Waals surface area contributed by atoms with Crippen LogP contribution in [0.15, 0.2) is 24.4 Å². The molecule has 2 amide bonds. The maximum absolute atomic E-state index is 13.4. The van der Waals surface area contributed by atoms with Crippen LogP contribution in [0.3, 0.4) is 0 Å². The number of amides is 2. The van der Waals surface area contributed by atoms with Crippen molar-refractivity contribution in [2.24, 2.45) is 0 Å². The van der Waals surface area contributed by atoms with Gasteiger partial charge in [-0.05, 0) is 58.3 Å². The summed E-state index contributed by atoms with van der Waals surface area (Å²) in [7, 11) is -1.35. The van der Waals surface area contributed by atoms with Crippen LogP contribution in [0, 0.1) is 0 Å². The predicted molar refractivity (Wildman–Crippen MR) is 128 cm³/mol. The summed E-state index contributed by atoms with van der Waals surface area (Å²) in [5.74, 6) is -0.194. The SMILES string of the molecule is C=C1C(CC)NC(=O)CCCCCC/C=C\CC(C)(C(=O)NS(=O)C2CC2)N1CCC. The first kappa shape index (κ1) is 25.6. The van der Waals surface area contributed by atoms with Crippen molar-refractivity contribution >= 4 is 22.8 Å². The highest BCUT2D eigenvalue weighted by molar-refractivity contribution is 7.84. The van der Waals surface area contributed by atoms with Gasteiger partial charge in [0.05, 0.1) is 11.3 Å². The summed E-state index contributed by atoms with van der Waals surface area (Å²) in [6.45, 7) is 11.0. The van der Waals surface area contributed by atoms with Gasteiger partial charge in [0.2, 0.25) is 5.91 Å². The molecule has 0 spiro atoms. The molecule has 2 N–H and O–H groups in total. The summed E-state index contributed by atoms with van der Waals surface area (Å²) >= 11 is 0. The van der Waals surface area contributed by atoms with E-state index in [1.165, 1.54) is 0 Å². The molecule has 176 valence electrons. The molecule has 2 aliphatic rings. The van der Waals surface area contributed by atoms with E-state index in [9.17, 15) is 13.8 Å². The van der Waals surface area contributed by atoms with Crippen molar-refractivity contribution < 1.29 is 13.8 Å². The van der Waals surface area contributed by atoms with Crippen LogP contribution in [0.2, 0.25) is 0 Å². The molecule has 0 aromatic carbocycles. The molecule has 1 fully saturated rings. The average molecular weight is 452 g/mol. The highest BCUT2D eigenvalue weighted by Crippen LogP contribution is 2.30. The zero-order chi connectivity index (χ0) is 22.9. The normalized spacial score (nSPS) is 28.7. The third-order valence-corrected chi connectivity index (χ3v) is 7.72. The van der Waals surface area contributed by atoms with Gasteiger partial charge in [-0.3, -0.25) is 14.3 Å². The summed E-state index contributed by atoms with van der Waals surface area (Å²) < 4.78 is 15.2. The fraction of sp³-hybridized carbons (Fsp3) is 0.750. The molecule has 1 aliphatic heterocycles. The summed E-state index contributed by atoms with van der Waals surface area (Å²) in [6, 6.07) is -0.228. The number of hydrogen-bond acceptors (Lipinski definition) is 4. The van der Waals surface area contributed by atoms with Crippen LogP contribution in [0.4, 0.5) is 0 Å². The maximum Gasteiger partial charge on any atom is 0.257 e. The molecule has 2 rings (SSSR count). The first-order valence-corrected chi connectivity index (χ1v) is 13.2. The van der Waals surface area contributed by atoms with Crippen LogP contribution in [0.5, 0.6) is 0 Å². The van der Waals surface area contributed by atoms with Crippen molar-refractivity contribution in [3.8, 4) is 0 Å². The van der Waals surface area contributed by atoms with Gasteiger partial charge in [-0.1, -0.05) is 45.4 Å². The second kappa shape index (κ2) is 12.4. The summed E-state index contributed by atoms with van der Waals surface area (Å²) in [5, 5.41) is 3.21. The third kappa shape index (κ3) is 7.48. The molecule has 1 aliphatic carbocycles. The van der Waals surface area contributed by atoms with E-state index < -0.39 is 16.5 Å². The van der Waals surface area contributed by atoms with Gasteiger partial charge in [-0.25, -0.2) is 4.21 Å². The molecule has 0 saturated heterocycles. The van der Waals surface area contributed by atoms with E-state index >= 15 is 0 Å². The molecule has 3 unspecified atom stereocenters. The second-order valence-corrected chi connectivity index (χ2v) is 10.5. The van der Waals surface area contributed by atoms with Gasteiger partial charge in [0.1, 0.15) is 16.5 Å². The molecule has 0 aromatic heterocycles. The standard InChI is InChI=1S/C24H41N3O3S/c1-5-18-27-19(3)21(6-2)25-22(28)14-12-10-8-7-9-11-13-17-24(27,4)23(29)26-31(30)20-15-16-20/h11,13,20-21H,3,5-10,12,14-18H2,1-2,4H3,(H,25,28)(H,26,29)/b13-11-. The fourth-order valence-corrected chi connectivity index (χ4v) is 5.16. The van der Waals surface area contributed by atoms with E-state index in [2.05, 4.69) is 35.7 Å². The molecule has 1 heterocycles. The monoisotopic (exact) mass is 451 g/mol. The Balaban J connectivity index is 2.34. The molecule has 0 radical (unpaired) electrons. The number of nitrogens with one attached hydrogen (secondary N) is 2. The third-order valence-electron chi connectivity index (χ3n) is 6.25. The topological polar surface area (TPSA) is 78.5 Å². The van der Waals surface area contributed by atoms with Crippen LogP contribution >= 0.6 is 0 Å². The van der Waals surface area contributed by atoms with E-state index in [0.29, 0.717) is 25.8 Å². The molecule has 3 atom stereocenters. The minimum Gasteiger partial charge on any atom is -0.359 e. The quantitative estimate of drug-likeness (QED) is 0.596. The lowest BCUT2D eigenvalue weighted by Crippen LogP contribution is -2.59. The van der Waals surface area contributed by atoms with E-state index in [4.69, 9.17) is 0 Å². The Bertz CT molecular complexity index is 690. The van der Waals surface area contributed by atoms with E-state index in [1.54, 1.807) is 0 Å². The fourth-order valence-electron chi connectivity index (χ4n) is 4.03. The molecule has 6 nitrogen and oxygen atoms in total. The number of nitrogens with zero attached hydrogens (tertiary/aromatic N) is 1. The van der Waals surface area contributed by atoms with Gasteiger partial charge in [0.25, 0.3) is 5.91 Å². The minimum atomic E-state index is -1.35. The maximum atomic E-state index is 13.4. The Kier molecular flexibility index (Phi) is 10.3. The predicted octanol–water partition coefficient (Wildman–Crippen LogP) is 4.11. The van der Waals surface area contributed by atoms with Crippen molar-refractivity contribution in [2.75, 3.05) is 6.54 Å². The van der Waals surface area contributed by atoms with Crippen molar-refractivity contribution in [2.45, 2.75) is 108 Å². The Morgan fingerprint density at radius 2 is 1.97 bits per heavy atom. The number of allylic oxidation sites excluding steroid dienone is 1. The van der Waals surface area contributed by atoms with Gasteiger partial charge in [-0.2, -0.15) is 0 Å². The molecular weight excluding hydrogens is 410 g/mol. The van der Waals surface area contributed by atoms with Gasteiger partial charge in [-0.15, -0.1) is 0 Å². The van der Waals surface area contributed by atoms with Crippen molar-refractivity contribution in [3.05, 3.63) is 24.4 Å². The van der Waals surface area contributed by atoms with Crippen LogP contribution in [-0.4, -0.2) is 44.3 Å².